The first kappa shape index (κ1) is 24.8. The van der Waals surface area contributed by atoms with E-state index >= 15 is 0 Å². The molecule has 2 heterocycles. The van der Waals surface area contributed by atoms with Gasteiger partial charge in [0, 0.05) is 62.9 Å². The maximum absolute atomic E-state index is 11.7. The molecule has 0 aromatic carbocycles. The lowest BCUT2D eigenvalue weighted by atomic mass is 9.80. The van der Waals surface area contributed by atoms with E-state index in [1.165, 1.54) is 63.8 Å². The molecule has 2 aliphatic heterocycles. The van der Waals surface area contributed by atoms with E-state index in [2.05, 4.69) is 32.3 Å². The number of methoxy groups -OCH3 is 1. The average Bonchev–Trinajstić information content (AvgIpc) is 2.77. The third-order valence-electron chi connectivity index (χ3n) is 6.54. The third-order valence-corrected chi connectivity index (χ3v) is 7.49. The molecule has 0 aromatic heterocycles. The summed E-state index contributed by atoms with van der Waals surface area (Å²) in [5, 5.41) is 7.24. The molecule has 3 fully saturated rings. The summed E-state index contributed by atoms with van der Waals surface area (Å²) in [4.78, 5) is 20.7. The lowest BCUT2D eigenvalue weighted by molar-refractivity contribution is 0.0624. The first-order valence-electron chi connectivity index (χ1n) is 10.8. The topological polar surface area (TPSA) is 69.2 Å². The van der Waals surface area contributed by atoms with Gasteiger partial charge in [-0.3, -0.25) is 9.89 Å². The van der Waals surface area contributed by atoms with Crippen molar-refractivity contribution in [1.29, 1.82) is 0 Å². The number of ether oxygens (including phenoxy) is 1. The minimum atomic E-state index is -0.222. The molecule has 9 heteroatoms. The summed E-state index contributed by atoms with van der Waals surface area (Å²) >= 11 is 2.08. The Morgan fingerprint density at radius 1 is 1.14 bits per heavy atom. The Bertz CT molecular complexity index is 531. The number of carbonyl (C=O) groups is 1. The van der Waals surface area contributed by atoms with Crippen LogP contribution in [0.5, 0.6) is 0 Å². The van der Waals surface area contributed by atoms with Crippen molar-refractivity contribution in [2.45, 2.75) is 56.5 Å². The number of halogens is 1. The highest BCUT2D eigenvalue weighted by Gasteiger charge is 2.38. The van der Waals surface area contributed by atoms with E-state index in [9.17, 15) is 4.79 Å². The zero-order chi connectivity index (χ0) is 19.8. The van der Waals surface area contributed by atoms with Gasteiger partial charge in [-0.15, -0.1) is 24.0 Å². The second kappa shape index (κ2) is 12.4. The van der Waals surface area contributed by atoms with Crippen LogP contribution in [0.15, 0.2) is 4.99 Å². The van der Waals surface area contributed by atoms with E-state index in [-0.39, 0.29) is 35.6 Å². The van der Waals surface area contributed by atoms with Gasteiger partial charge < -0.3 is 20.3 Å². The zero-order valence-electron chi connectivity index (χ0n) is 18.0. The molecule has 2 saturated heterocycles. The highest BCUT2D eigenvalue weighted by molar-refractivity contribution is 14.0. The molecule has 29 heavy (non-hydrogen) atoms. The number of piperidine rings is 1. The van der Waals surface area contributed by atoms with Crippen molar-refractivity contribution >= 4 is 47.8 Å². The van der Waals surface area contributed by atoms with E-state index in [4.69, 9.17) is 4.74 Å². The zero-order valence-corrected chi connectivity index (χ0v) is 21.1. The molecular formula is C20H38IN5O2S. The van der Waals surface area contributed by atoms with Gasteiger partial charge in [0.05, 0.1) is 7.11 Å². The second-order valence-electron chi connectivity index (χ2n) is 8.19. The summed E-state index contributed by atoms with van der Waals surface area (Å²) in [7, 11) is 3.30. The highest BCUT2D eigenvalue weighted by atomic mass is 127. The lowest BCUT2D eigenvalue weighted by Gasteiger charge is -2.48. The number of nitrogens with zero attached hydrogens (tertiary/aromatic N) is 3. The Hall–Kier alpha value is -0.420. The Morgan fingerprint density at radius 2 is 1.79 bits per heavy atom. The van der Waals surface area contributed by atoms with Crippen LogP contribution in [-0.4, -0.2) is 91.8 Å². The van der Waals surface area contributed by atoms with Gasteiger partial charge in [0.1, 0.15) is 0 Å². The molecule has 3 rings (SSSR count). The number of likely N-dealkylation sites (tertiary alicyclic amines) is 1. The van der Waals surface area contributed by atoms with Crippen molar-refractivity contribution in [2.24, 2.45) is 4.99 Å². The molecule has 1 saturated carbocycles. The molecule has 168 valence electrons. The number of carbonyl (C=O) groups excluding carboxylic acids is 1. The van der Waals surface area contributed by atoms with E-state index < -0.39 is 0 Å². The van der Waals surface area contributed by atoms with E-state index in [0.717, 1.165) is 38.4 Å². The summed E-state index contributed by atoms with van der Waals surface area (Å²) in [6.07, 6.45) is 8.25. The maximum atomic E-state index is 11.7. The van der Waals surface area contributed by atoms with Crippen LogP contribution in [0.25, 0.3) is 0 Å². The minimum absolute atomic E-state index is 0. The number of guanidine groups is 1. The van der Waals surface area contributed by atoms with Crippen LogP contribution in [0.3, 0.4) is 0 Å². The molecule has 3 aliphatic rings. The van der Waals surface area contributed by atoms with Crippen molar-refractivity contribution in [3.63, 3.8) is 0 Å². The second-order valence-corrected chi connectivity index (χ2v) is 9.41. The van der Waals surface area contributed by atoms with E-state index in [1.807, 2.05) is 7.05 Å². The fourth-order valence-electron chi connectivity index (χ4n) is 4.82. The first-order chi connectivity index (χ1) is 13.7. The Morgan fingerprint density at radius 3 is 2.38 bits per heavy atom. The van der Waals surface area contributed by atoms with Gasteiger partial charge in [-0.25, -0.2) is 4.79 Å². The predicted molar refractivity (Wildman–Crippen MR) is 132 cm³/mol. The summed E-state index contributed by atoms with van der Waals surface area (Å²) in [5.41, 5.74) is 0.283. The van der Waals surface area contributed by atoms with Crippen molar-refractivity contribution in [3.8, 4) is 0 Å². The van der Waals surface area contributed by atoms with Gasteiger partial charge >= 0.3 is 6.09 Å². The molecule has 0 atom stereocenters. The number of rotatable bonds is 4. The quantitative estimate of drug-likeness (QED) is 0.326. The molecule has 0 aromatic rings. The molecule has 2 N–H and O–H groups in total. The fourth-order valence-corrected chi connectivity index (χ4v) is 5.73. The Kier molecular flexibility index (Phi) is 10.7. The number of hydrogen-bond acceptors (Lipinski definition) is 5. The summed E-state index contributed by atoms with van der Waals surface area (Å²) < 4.78 is 4.83. The number of thioether (sulfide) groups is 1. The van der Waals surface area contributed by atoms with Gasteiger partial charge in [-0.1, -0.05) is 19.3 Å². The summed E-state index contributed by atoms with van der Waals surface area (Å²) in [6, 6.07) is 0.348. The molecule has 0 unspecified atom stereocenters. The van der Waals surface area contributed by atoms with Crippen LogP contribution in [0.1, 0.15) is 44.9 Å². The van der Waals surface area contributed by atoms with E-state index in [1.54, 1.807) is 4.90 Å². The van der Waals surface area contributed by atoms with Gasteiger partial charge in [-0.2, -0.15) is 11.8 Å². The van der Waals surface area contributed by atoms with Crippen molar-refractivity contribution in [1.82, 2.24) is 20.4 Å². The van der Waals surface area contributed by atoms with Crippen molar-refractivity contribution in [2.75, 3.05) is 58.4 Å². The van der Waals surface area contributed by atoms with Crippen LogP contribution in [0, 0.1) is 0 Å². The molecule has 0 spiro atoms. The first-order valence-corrected chi connectivity index (χ1v) is 12.0. The van der Waals surface area contributed by atoms with E-state index in [0.29, 0.717) is 6.04 Å². The molecule has 0 radical (unpaired) electrons. The van der Waals surface area contributed by atoms with Crippen LogP contribution in [0.2, 0.25) is 0 Å². The highest BCUT2D eigenvalue weighted by Crippen LogP contribution is 2.34. The van der Waals surface area contributed by atoms with Crippen molar-refractivity contribution < 1.29 is 9.53 Å². The Balaban J connectivity index is 0.00000300. The summed E-state index contributed by atoms with van der Waals surface area (Å²) in [5.74, 6) is 3.41. The smallest absolute Gasteiger partial charge is 0.409 e. The van der Waals surface area contributed by atoms with Crippen LogP contribution in [0.4, 0.5) is 4.79 Å². The number of nitrogens with one attached hydrogen (secondary N) is 2. The summed E-state index contributed by atoms with van der Waals surface area (Å²) in [6.45, 7) is 4.86. The minimum Gasteiger partial charge on any atom is -0.453 e. The largest absolute Gasteiger partial charge is 0.453 e. The molecule has 7 nitrogen and oxygen atoms in total. The monoisotopic (exact) mass is 539 g/mol. The van der Waals surface area contributed by atoms with Gasteiger partial charge in [0.25, 0.3) is 0 Å². The number of aliphatic imine (C=N–C) groups is 1. The van der Waals surface area contributed by atoms with Crippen LogP contribution in [-0.2, 0) is 4.74 Å². The lowest BCUT2D eigenvalue weighted by Crippen LogP contribution is -2.60. The van der Waals surface area contributed by atoms with Gasteiger partial charge in [0.2, 0.25) is 0 Å². The fraction of sp³-hybridized carbons (Fsp3) is 0.900. The maximum Gasteiger partial charge on any atom is 0.409 e. The van der Waals surface area contributed by atoms with Gasteiger partial charge in [-0.05, 0) is 25.7 Å². The average molecular weight is 540 g/mol. The van der Waals surface area contributed by atoms with Crippen LogP contribution < -0.4 is 10.6 Å². The van der Waals surface area contributed by atoms with Crippen LogP contribution >= 0.6 is 35.7 Å². The molecule has 1 aliphatic carbocycles. The molecule has 0 bridgehead atoms. The number of hydrogen-bond donors (Lipinski definition) is 2. The predicted octanol–water partition coefficient (Wildman–Crippen LogP) is 2.75. The standard InChI is InChI=1S/C20H37N5O2S.HI/c1-21-18(23-17-6-10-24(11-7-17)19(26)27-2)22-16-20(8-4-3-5-9-20)25-12-14-28-15-13-25;/h17H,3-16H2,1-2H3,(H2,21,22,23);1H. The van der Waals surface area contributed by atoms with Crippen molar-refractivity contribution in [3.05, 3.63) is 0 Å². The molecule has 1 amide bonds. The number of amides is 1. The molecular weight excluding hydrogens is 501 g/mol. The normalized spacial score (nSPS) is 23.8. The Labute approximate surface area is 197 Å². The third kappa shape index (κ3) is 6.78. The van der Waals surface area contributed by atoms with Gasteiger partial charge in [0.15, 0.2) is 5.96 Å². The SMILES string of the molecule is CN=C(NCC1(N2CCSCC2)CCCCC1)NC1CCN(C(=O)OC)CC1.I.